The van der Waals surface area contributed by atoms with Crippen LogP contribution in [0.25, 0.3) is 0 Å². The Hall–Kier alpha value is -2.54. The van der Waals surface area contributed by atoms with E-state index >= 15 is 0 Å². The number of aromatic nitrogens is 5. The van der Waals surface area contributed by atoms with Crippen molar-refractivity contribution in [3.05, 3.63) is 58.5 Å². The summed E-state index contributed by atoms with van der Waals surface area (Å²) in [4.78, 5) is 4.42. The van der Waals surface area contributed by atoms with E-state index in [1.807, 2.05) is 0 Å². The van der Waals surface area contributed by atoms with Crippen molar-refractivity contribution in [1.82, 2.24) is 25.1 Å². The predicted molar refractivity (Wildman–Crippen MR) is 85.3 cm³/mol. The molecule has 7 heteroatoms. The highest BCUT2D eigenvalue weighted by Gasteiger charge is 2.14. The lowest BCUT2D eigenvalue weighted by Gasteiger charge is -2.02. The van der Waals surface area contributed by atoms with Crippen molar-refractivity contribution >= 4 is 0 Å². The minimum Gasteiger partial charge on any atom is -0.387 e. The van der Waals surface area contributed by atoms with E-state index in [1.165, 1.54) is 36.0 Å². The minimum absolute atomic E-state index is 0.344. The third-order valence-corrected chi connectivity index (χ3v) is 4.32. The van der Waals surface area contributed by atoms with E-state index in [9.17, 15) is 5.11 Å². The van der Waals surface area contributed by atoms with E-state index in [0.29, 0.717) is 30.4 Å². The standard InChI is InChI=1S/C17H19N5O2/c1-11(23)15-9-22(21-19-15)10-17-18-16(20-24-17)8-12-5-6-13-3-2-4-14(13)7-12/h5-7,9,11,23H,2-4,8,10H2,1H3. The molecule has 1 unspecified atom stereocenters. The number of aryl methyl sites for hydroxylation is 2. The first-order valence-corrected chi connectivity index (χ1v) is 8.17. The van der Waals surface area contributed by atoms with E-state index in [1.54, 1.807) is 17.8 Å². The lowest BCUT2D eigenvalue weighted by atomic mass is 10.0. The van der Waals surface area contributed by atoms with Crippen LogP contribution in [0.15, 0.2) is 28.9 Å². The summed E-state index contributed by atoms with van der Waals surface area (Å²) in [6, 6.07) is 6.61. The number of hydrogen-bond donors (Lipinski definition) is 1. The number of nitrogens with zero attached hydrogens (tertiary/aromatic N) is 5. The monoisotopic (exact) mass is 325 g/mol. The molecule has 0 aliphatic heterocycles. The van der Waals surface area contributed by atoms with Crippen LogP contribution in [-0.4, -0.2) is 30.2 Å². The van der Waals surface area contributed by atoms with Crippen LogP contribution in [0.1, 0.15) is 53.5 Å². The van der Waals surface area contributed by atoms with Gasteiger partial charge in [-0.25, -0.2) is 4.68 Å². The summed E-state index contributed by atoms with van der Waals surface area (Å²) < 4.78 is 6.87. The number of aliphatic hydroxyl groups excluding tert-OH is 1. The molecular weight excluding hydrogens is 306 g/mol. The molecule has 7 nitrogen and oxygen atoms in total. The molecule has 2 aromatic heterocycles. The average Bonchev–Trinajstić information content (AvgIpc) is 3.28. The summed E-state index contributed by atoms with van der Waals surface area (Å²) in [7, 11) is 0. The van der Waals surface area contributed by atoms with E-state index in [4.69, 9.17) is 4.52 Å². The van der Waals surface area contributed by atoms with Crippen LogP contribution in [0.5, 0.6) is 0 Å². The van der Waals surface area contributed by atoms with Crippen molar-refractivity contribution in [2.75, 3.05) is 0 Å². The molecule has 3 aromatic rings. The highest BCUT2D eigenvalue weighted by Crippen LogP contribution is 2.23. The first-order chi connectivity index (χ1) is 11.7. The highest BCUT2D eigenvalue weighted by atomic mass is 16.5. The quantitative estimate of drug-likeness (QED) is 0.770. The number of aliphatic hydroxyl groups is 1. The molecule has 1 atom stereocenters. The third-order valence-electron chi connectivity index (χ3n) is 4.32. The summed E-state index contributed by atoms with van der Waals surface area (Å²) in [5.74, 6) is 1.15. The Morgan fingerprint density at radius 1 is 1.29 bits per heavy atom. The second-order valence-corrected chi connectivity index (χ2v) is 6.25. The lowest BCUT2D eigenvalue weighted by molar-refractivity contribution is 0.194. The Kier molecular flexibility index (Phi) is 3.86. The maximum absolute atomic E-state index is 9.47. The van der Waals surface area contributed by atoms with Crippen molar-refractivity contribution in [3.8, 4) is 0 Å². The van der Waals surface area contributed by atoms with E-state index in [0.717, 1.165) is 0 Å². The normalized spacial score (nSPS) is 14.8. The van der Waals surface area contributed by atoms with Crippen LogP contribution in [0.4, 0.5) is 0 Å². The lowest BCUT2D eigenvalue weighted by Crippen LogP contribution is -2.01. The molecule has 1 aliphatic carbocycles. The fourth-order valence-corrected chi connectivity index (χ4v) is 3.06. The Bertz CT molecular complexity index is 852. The number of fused-ring (bicyclic) bond motifs is 1. The summed E-state index contributed by atoms with van der Waals surface area (Å²) in [6.45, 7) is 1.99. The fourth-order valence-electron chi connectivity index (χ4n) is 3.06. The summed E-state index contributed by atoms with van der Waals surface area (Å²) >= 11 is 0. The second-order valence-electron chi connectivity index (χ2n) is 6.25. The second kappa shape index (κ2) is 6.16. The van der Waals surface area contributed by atoms with E-state index in [-0.39, 0.29) is 0 Å². The third kappa shape index (κ3) is 3.07. The van der Waals surface area contributed by atoms with Gasteiger partial charge in [0.15, 0.2) is 5.82 Å². The molecule has 0 saturated carbocycles. The molecule has 0 saturated heterocycles. The summed E-state index contributed by atoms with van der Waals surface area (Å²) in [5, 5.41) is 21.4. The molecule has 24 heavy (non-hydrogen) atoms. The maximum Gasteiger partial charge on any atom is 0.248 e. The Morgan fingerprint density at radius 2 is 2.17 bits per heavy atom. The van der Waals surface area contributed by atoms with Crippen LogP contribution < -0.4 is 0 Å². The van der Waals surface area contributed by atoms with Crippen LogP contribution in [0, 0.1) is 0 Å². The highest BCUT2D eigenvalue weighted by molar-refractivity contribution is 5.36. The van der Waals surface area contributed by atoms with E-state index < -0.39 is 6.10 Å². The summed E-state index contributed by atoms with van der Waals surface area (Å²) in [6.07, 6.45) is 5.30. The van der Waals surface area contributed by atoms with Crippen molar-refractivity contribution in [2.24, 2.45) is 0 Å². The van der Waals surface area contributed by atoms with Crippen LogP contribution in [0.3, 0.4) is 0 Å². The molecule has 1 N–H and O–H groups in total. The zero-order valence-electron chi connectivity index (χ0n) is 13.5. The molecule has 1 aromatic carbocycles. The molecule has 2 heterocycles. The van der Waals surface area contributed by atoms with E-state index in [2.05, 4.69) is 38.7 Å². The Balaban J connectivity index is 1.44. The smallest absolute Gasteiger partial charge is 0.248 e. The van der Waals surface area contributed by atoms with Gasteiger partial charge in [0.05, 0.1) is 12.3 Å². The summed E-state index contributed by atoms with van der Waals surface area (Å²) in [5.41, 5.74) is 4.64. The minimum atomic E-state index is -0.642. The topological polar surface area (TPSA) is 89.9 Å². The molecule has 0 fully saturated rings. The Labute approximate surface area is 139 Å². The average molecular weight is 325 g/mol. The SMILES string of the molecule is CC(O)c1cn(Cc2nc(Cc3ccc4c(c3)CCC4)no2)nn1. The van der Waals surface area contributed by atoms with Gasteiger partial charge in [0.1, 0.15) is 12.2 Å². The van der Waals surface area contributed by atoms with Gasteiger partial charge in [-0.3, -0.25) is 0 Å². The van der Waals surface area contributed by atoms with Crippen LogP contribution >= 0.6 is 0 Å². The van der Waals surface area contributed by atoms with Crippen molar-refractivity contribution in [2.45, 2.75) is 45.3 Å². The predicted octanol–water partition coefficient (Wildman–Crippen LogP) is 1.84. The van der Waals surface area contributed by atoms with Gasteiger partial charge in [0.2, 0.25) is 5.89 Å². The zero-order chi connectivity index (χ0) is 16.5. The largest absolute Gasteiger partial charge is 0.387 e. The van der Waals surface area contributed by atoms with Gasteiger partial charge in [0, 0.05) is 6.42 Å². The molecule has 124 valence electrons. The van der Waals surface area contributed by atoms with Crippen LogP contribution in [-0.2, 0) is 25.8 Å². The number of rotatable bonds is 5. The Morgan fingerprint density at radius 3 is 3.00 bits per heavy atom. The maximum atomic E-state index is 9.47. The molecular formula is C17H19N5O2. The molecule has 0 amide bonds. The van der Waals surface area contributed by atoms with Gasteiger partial charge in [-0.1, -0.05) is 28.6 Å². The molecule has 4 rings (SSSR count). The van der Waals surface area contributed by atoms with Gasteiger partial charge in [-0.05, 0) is 42.9 Å². The van der Waals surface area contributed by atoms with Gasteiger partial charge in [-0.2, -0.15) is 4.98 Å². The molecule has 1 aliphatic rings. The number of hydrogen-bond acceptors (Lipinski definition) is 6. The van der Waals surface area contributed by atoms with Crippen molar-refractivity contribution < 1.29 is 9.63 Å². The molecule has 0 bridgehead atoms. The number of benzene rings is 1. The van der Waals surface area contributed by atoms with Gasteiger partial charge >= 0.3 is 0 Å². The van der Waals surface area contributed by atoms with Gasteiger partial charge < -0.3 is 9.63 Å². The fraction of sp³-hybridized carbons (Fsp3) is 0.412. The first kappa shape index (κ1) is 15.0. The van der Waals surface area contributed by atoms with Crippen molar-refractivity contribution in [1.29, 1.82) is 0 Å². The van der Waals surface area contributed by atoms with Gasteiger partial charge in [-0.15, -0.1) is 5.10 Å². The van der Waals surface area contributed by atoms with Crippen LogP contribution in [0.2, 0.25) is 0 Å². The van der Waals surface area contributed by atoms with Crippen molar-refractivity contribution in [3.63, 3.8) is 0 Å². The first-order valence-electron chi connectivity index (χ1n) is 8.17. The molecule has 0 spiro atoms. The zero-order valence-corrected chi connectivity index (χ0v) is 13.5. The molecule has 0 radical (unpaired) electrons. The van der Waals surface area contributed by atoms with Gasteiger partial charge in [0.25, 0.3) is 0 Å².